The van der Waals surface area contributed by atoms with E-state index in [4.69, 9.17) is 9.84 Å². The molecule has 1 atom stereocenters. The minimum absolute atomic E-state index is 0.257. The summed E-state index contributed by atoms with van der Waals surface area (Å²) in [5.41, 5.74) is 0. The lowest BCUT2D eigenvalue weighted by molar-refractivity contribution is -0.873. The first-order chi connectivity index (χ1) is 14.1. The van der Waals surface area contributed by atoms with Gasteiger partial charge in [0.05, 0.1) is 21.1 Å². The standard InChI is InChI=1S/C23H39NO6/c1-24(2,3)19-20(18-22(27)28)30-23(29)17-15-13-11-9-7-5-4-6-8-10-12-14-16-21(25)26/h4-5,7,9,20H,6,8,10-19H2,1-3H3,(H-,25,26,27,28)/b5-4+,9-7+. The molecule has 0 rings (SSSR count). The summed E-state index contributed by atoms with van der Waals surface area (Å²) in [6.07, 6.45) is 15.0. The number of allylic oxidation sites excluding steroid dienone is 4. The van der Waals surface area contributed by atoms with Gasteiger partial charge >= 0.3 is 11.9 Å². The fourth-order valence-corrected chi connectivity index (χ4v) is 2.96. The maximum Gasteiger partial charge on any atom is 0.306 e. The van der Waals surface area contributed by atoms with Crippen molar-refractivity contribution in [2.75, 3.05) is 27.7 Å². The van der Waals surface area contributed by atoms with Crippen molar-refractivity contribution in [3.63, 3.8) is 0 Å². The Morgan fingerprint density at radius 3 is 1.97 bits per heavy atom. The van der Waals surface area contributed by atoms with Crippen LogP contribution < -0.4 is 5.11 Å². The maximum absolute atomic E-state index is 12.0. The van der Waals surface area contributed by atoms with Gasteiger partial charge in [-0.3, -0.25) is 9.59 Å². The molecule has 1 unspecified atom stereocenters. The Bertz CT molecular complexity index is 563. The number of unbranched alkanes of at least 4 members (excludes halogenated alkanes) is 6. The van der Waals surface area contributed by atoms with Crippen LogP contribution >= 0.6 is 0 Å². The third-order valence-electron chi connectivity index (χ3n) is 4.34. The predicted octanol–water partition coefficient (Wildman–Crippen LogP) is 2.84. The minimum Gasteiger partial charge on any atom is -0.550 e. The van der Waals surface area contributed by atoms with Crippen LogP contribution in [0.2, 0.25) is 0 Å². The second-order valence-corrected chi connectivity index (χ2v) is 8.61. The first kappa shape index (κ1) is 27.8. The van der Waals surface area contributed by atoms with Gasteiger partial charge in [0.2, 0.25) is 0 Å². The van der Waals surface area contributed by atoms with Gasteiger partial charge in [-0.15, -0.1) is 0 Å². The first-order valence-electron chi connectivity index (χ1n) is 10.8. The monoisotopic (exact) mass is 425 g/mol. The van der Waals surface area contributed by atoms with Gasteiger partial charge in [0.1, 0.15) is 6.54 Å². The Morgan fingerprint density at radius 2 is 1.43 bits per heavy atom. The quantitative estimate of drug-likeness (QED) is 0.157. The summed E-state index contributed by atoms with van der Waals surface area (Å²) in [7, 11) is 5.75. The second kappa shape index (κ2) is 16.6. The van der Waals surface area contributed by atoms with Crippen LogP contribution in [0.3, 0.4) is 0 Å². The van der Waals surface area contributed by atoms with Crippen LogP contribution in [-0.2, 0) is 19.1 Å². The molecule has 0 bridgehead atoms. The molecule has 0 aromatic carbocycles. The van der Waals surface area contributed by atoms with Gasteiger partial charge in [0, 0.05) is 25.2 Å². The molecular formula is C23H39NO6. The molecule has 0 aromatic heterocycles. The van der Waals surface area contributed by atoms with E-state index in [9.17, 15) is 19.5 Å². The van der Waals surface area contributed by atoms with Crippen molar-refractivity contribution < 1.29 is 33.8 Å². The number of carbonyl (C=O) groups is 3. The summed E-state index contributed by atoms with van der Waals surface area (Å²) in [4.78, 5) is 33.2. The van der Waals surface area contributed by atoms with E-state index in [2.05, 4.69) is 12.2 Å². The van der Waals surface area contributed by atoms with E-state index in [-0.39, 0.29) is 25.2 Å². The number of aliphatic carboxylic acids is 2. The Morgan fingerprint density at radius 1 is 0.900 bits per heavy atom. The third kappa shape index (κ3) is 20.6. The topological polar surface area (TPSA) is 104 Å². The van der Waals surface area contributed by atoms with Gasteiger partial charge in [0.25, 0.3) is 0 Å². The van der Waals surface area contributed by atoms with Crippen molar-refractivity contribution in [1.29, 1.82) is 0 Å². The number of rotatable bonds is 18. The average molecular weight is 426 g/mol. The smallest absolute Gasteiger partial charge is 0.306 e. The number of quaternary nitrogens is 1. The second-order valence-electron chi connectivity index (χ2n) is 8.61. The van der Waals surface area contributed by atoms with Gasteiger partial charge in [-0.1, -0.05) is 37.1 Å². The maximum atomic E-state index is 12.0. The Kier molecular flexibility index (Phi) is 15.4. The number of hydrogen-bond donors (Lipinski definition) is 1. The number of carboxylic acids is 2. The van der Waals surface area contributed by atoms with Gasteiger partial charge in [0.15, 0.2) is 6.10 Å². The van der Waals surface area contributed by atoms with Crippen molar-refractivity contribution in [2.45, 2.75) is 76.7 Å². The van der Waals surface area contributed by atoms with Crippen LogP contribution in [0.5, 0.6) is 0 Å². The van der Waals surface area contributed by atoms with Crippen LogP contribution in [0.1, 0.15) is 70.6 Å². The molecule has 0 spiro atoms. The fourth-order valence-electron chi connectivity index (χ4n) is 2.96. The molecule has 0 saturated carbocycles. The largest absolute Gasteiger partial charge is 0.550 e. The van der Waals surface area contributed by atoms with Gasteiger partial charge < -0.3 is 24.2 Å². The van der Waals surface area contributed by atoms with E-state index in [0.717, 1.165) is 44.9 Å². The Balaban J connectivity index is 3.81. The molecule has 172 valence electrons. The zero-order valence-corrected chi connectivity index (χ0v) is 18.8. The van der Waals surface area contributed by atoms with E-state index in [1.165, 1.54) is 0 Å². The number of esters is 1. The van der Waals surface area contributed by atoms with Crippen LogP contribution in [0.15, 0.2) is 24.3 Å². The van der Waals surface area contributed by atoms with E-state index in [1.807, 2.05) is 33.3 Å². The summed E-state index contributed by atoms with van der Waals surface area (Å²) in [5.74, 6) is -2.30. The molecule has 0 heterocycles. The molecule has 0 aliphatic rings. The van der Waals surface area contributed by atoms with Crippen molar-refractivity contribution in [3.8, 4) is 0 Å². The summed E-state index contributed by atoms with van der Waals surface area (Å²) in [5, 5.41) is 19.4. The number of hydrogen-bond acceptors (Lipinski definition) is 5. The fraction of sp³-hybridized carbons (Fsp3) is 0.696. The molecule has 0 aliphatic heterocycles. The van der Waals surface area contributed by atoms with Gasteiger partial charge in [-0.2, -0.15) is 0 Å². The van der Waals surface area contributed by atoms with E-state index >= 15 is 0 Å². The molecule has 0 saturated heterocycles. The number of nitrogens with zero attached hydrogens (tertiary/aromatic N) is 1. The normalized spacial score (nSPS) is 13.0. The third-order valence-corrected chi connectivity index (χ3v) is 4.34. The molecule has 0 fully saturated rings. The molecule has 0 radical (unpaired) electrons. The van der Waals surface area contributed by atoms with Gasteiger partial charge in [-0.05, 0) is 38.5 Å². The Hall–Kier alpha value is -2.15. The zero-order valence-electron chi connectivity index (χ0n) is 18.8. The van der Waals surface area contributed by atoms with Crippen LogP contribution in [0.25, 0.3) is 0 Å². The molecule has 7 nitrogen and oxygen atoms in total. The zero-order chi connectivity index (χ0) is 22.8. The lowest BCUT2D eigenvalue weighted by atomic mass is 10.1. The average Bonchev–Trinajstić information content (AvgIpc) is 2.59. The molecule has 0 amide bonds. The van der Waals surface area contributed by atoms with Crippen molar-refractivity contribution in [3.05, 3.63) is 24.3 Å². The summed E-state index contributed by atoms with van der Waals surface area (Å²) >= 11 is 0. The van der Waals surface area contributed by atoms with Crippen molar-refractivity contribution in [2.24, 2.45) is 0 Å². The lowest BCUT2D eigenvalue weighted by Gasteiger charge is -2.29. The number of ether oxygens (including phenoxy) is 1. The van der Waals surface area contributed by atoms with Crippen molar-refractivity contribution >= 4 is 17.9 Å². The lowest BCUT2D eigenvalue weighted by Crippen LogP contribution is -2.45. The minimum atomic E-state index is -1.21. The summed E-state index contributed by atoms with van der Waals surface area (Å²) < 4.78 is 5.83. The Labute approximate surface area is 181 Å². The highest BCUT2D eigenvalue weighted by Gasteiger charge is 2.22. The molecule has 0 aliphatic carbocycles. The number of carboxylic acid groups (broad SMARTS) is 2. The molecule has 1 N–H and O–H groups in total. The summed E-state index contributed by atoms with van der Waals surface area (Å²) in [6, 6.07) is 0. The summed E-state index contributed by atoms with van der Waals surface area (Å²) in [6.45, 7) is 0.428. The highest BCUT2D eigenvalue weighted by molar-refractivity contribution is 5.70. The highest BCUT2D eigenvalue weighted by atomic mass is 16.5. The predicted molar refractivity (Wildman–Crippen MR) is 114 cm³/mol. The number of carbonyl (C=O) groups excluding carboxylic acids is 2. The van der Waals surface area contributed by atoms with Gasteiger partial charge in [-0.25, -0.2) is 0 Å². The molecule has 7 heteroatoms. The van der Waals surface area contributed by atoms with Crippen molar-refractivity contribution in [1.82, 2.24) is 0 Å². The highest BCUT2D eigenvalue weighted by Crippen LogP contribution is 2.09. The van der Waals surface area contributed by atoms with E-state index in [0.29, 0.717) is 17.4 Å². The first-order valence-corrected chi connectivity index (χ1v) is 10.8. The van der Waals surface area contributed by atoms with E-state index < -0.39 is 18.0 Å². The van der Waals surface area contributed by atoms with Crippen LogP contribution in [-0.4, -0.2) is 61.3 Å². The molecule has 30 heavy (non-hydrogen) atoms. The molecular weight excluding hydrogens is 386 g/mol. The van der Waals surface area contributed by atoms with Crippen LogP contribution in [0.4, 0.5) is 0 Å². The van der Waals surface area contributed by atoms with Crippen LogP contribution in [0, 0.1) is 0 Å². The SMILES string of the molecule is C[N+](C)(C)CC(CC(=O)[O-])OC(=O)CCCC/C=C/C=C/CCCCCCC(=O)O. The van der Waals surface area contributed by atoms with E-state index in [1.54, 1.807) is 0 Å². The molecule has 0 aromatic rings. The number of likely N-dealkylation sites (N-methyl/N-ethyl adjacent to an activating group) is 1.